The van der Waals surface area contributed by atoms with Crippen LogP contribution in [0.3, 0.4) is 0 Å². The van der Waals surface area contributed by atoms with Crippen molar-refractivity contribution in [2.24, 2.45) is 0 Å². The van der Waals surface area contributed by atoms with Crippen molar-refractivity contribution in [1.29, 1.82) is 0 Å². The van der Waals surface area contributed by atoms with Crippen molar-refractivity contribution in [3.05, 3.63) is 48.0 Å². The Morgan fingerprint density at radius 3 is 2.28 bits per heavy atom. The number of benzene rings is 2. The number of hydrogen-bond acceptors (Lipinski definition) is 12. The molecule has 0 amide bonds. The first-order valence-corrected chi connectivity index (χ1v) is 13.7. The maximum Gasteiger partial charge on any atom is 0.328 e. The van der Waals surface area contributed by atoms with Crippen molar-refractivity contribution in [3.8, 4) is 0 Å². The summed E-state index contributed by atoms with van der Waals surface area (Å²) in [6.07, 6.45) is 1.13. The van der Waals surface area contributed by atoms with E-state index in [4.69, 9.17) is 13.6 Å². The molecular formula is C25H24F2N4O6S2. The summed E-state index contributed by atoms with van der Waals surface area (Å²) in [7, 11) is 1.27. The highest BCUT2D eigenvalue weighted by molar-refractivity contribution is 8.14. The SMILES string of the molecule is COC(=O)[C@H](CCSC(C)=O)Nc1nc2cc(F)ccc2o1.O=C1SCC[C@@H]1Nc1nc2cc(F)ccc2o1. The van der Waals surface area contributed by atoms with Crippen molar-refractivity contribution in [2.45, 2.75) is 31.8 Å². The number of nitrogens with one attached hydrogen (secondary N) is 2. The summed E-state index contributed by atoms with van der Waals surface area (Å²) in [5, 5.41) is 5.81. The zero-order chi connectivity index (χ0) is 27.9. The molecule has 3 heterocycles. The molecular weight excluding hydrogens is 554 g/mol. The molecule has 4 aromatic rings. The van der Waals surface area contributed by atoms with Gasteiger partial charge in [0.15, 0.2) is 16.3 Å². The molecule has 1 aliphatic heterocycles. The lowest BCUT2D eigenvalue weighted by Gasteiger charge is -2.14. The Bertz CT molecular complexity index is 1490. The molecule has 14 heteroatoms. The molecule has 0 spiro atoms. The predicted octanol–water partition coefficient (Wildman–Crippen LogP) is 5.00. The molecule has 10 nitrogen and oxygen atoms in total. The van der Waals surface area contributed by atoms with Crippen LogP contribution in [0.1, 0.15) is 19.8 Å². The summed E-state index contributed by atoms with van der Waals surface area (Å²) in [6, 6.07) is 7.52. The highest BCUT2D eigenvalue weighted by Crippen LogP contribution is 2.25. The summed E-state index contributed by atoms with van der Waals surface area (Å²) in [6.45, 7) is 1.46. The first-order valence-electron chi connectivity index (χ1n) is 11.7. The largest absolute Gasteiger partial charge is 0.467 e. The number of nitrogens with zero attached hydrogens (tertiary/aromatic N) is 2. The van der Waals surface area contributed by atoms with E-state index in [2.05, 4.69) is 20.6 Å². The van der Waals surface area contributed by atoms with Crippen LogP contribution >= 0.6 is 23.5 Å². The van der Waals surface area contributed by atoms with Gasteiger partial charge in [-0.15, -0.1) is 0 Å². The van der Waals surface area contributed by atoms with E-state index in [0.29, 0.717) is 34.4 Å². The van der Waals surface area contributed by atoms with Gasteiger partial charge in [-0.3, -0.25) is 9.59 Å². The van der Waals surface area contributed by atoms with E-state index >= 15 is 0 Å². The van der Waals surface area contributed by atoms with E-state index < -0.39 is 17.8 Å². The lowest BCUT2D eigenvalue weighted by molar-refractivity contribution is -0.141. The monoisotopic (exact) mass is 578 g/mol. The lowest BCUT2D eigenvalue weighted by atomic mass is 10.2. The van der Waals surface area contributed by atoms with Gasteiger partial charge < -0.3 is 24.2 Å². The minimum absolute atomic E-state index is 0.0269. The number of esters is 1. The molecule has 1 fully saturated rings. The summed E-state index contributed by atoms with van der Waals surface area (Å²) in [4.78, 5) is 42.3. The van der Waals surface area contributed by atoms with Gasteiger partial charge in [0.05, 0.1) is 7.11 Å². The number of fused-ring (bicyclic) bond motifs is 2. The molecule has 0 unspecified atom stereocenters. The molecule has 1 aliphatic rings. The van der Waals surface area contributed by atoms with E-state index in [9.17, 15) is 23.2 Å². The van der Waals surface area contributed by atoms with E-state index in [1.165, 1.54) is 62.2 Å². The van der Waals surface area contributed by atoms with E-state index in [1.807, 2.05) is 0 Å². The Balaban J connectivity index is 0.000000186. The van der Waals surface area contributed by atoms with Crippen molar-refractivity contribution < 1.29 is 36.7 Å². The fraction of sp³-hybridized carbons (Fsp3) is 0.320. The van der Waals surface area contributed by atoms with Crippen molar-refractivity contribution in [2.75, 3.05) is 29.2 Å². The molecule has 206 valence electrons. The van der Waals surface area contributed by atoms with Gasteiger partial charge >= 0.3 is 5.97 Å². The minimum atomic E-state index is -0.699. The fourth-order valence-corrected chi connectivity index (χ4v) is 5.14. The average molecular weight is 579 g/mol. The number of thioether (sulfide) groups is 2. The highest BCUT2D eigenvalue weighted by Gasteiger charge is 2.26. The third-order valence-corrected chi connectivity index (χ3v) is 7.28. The maximum absolute atomic E-state index is 13.1. The van der Waals surface area contributed by atoms with Crippen LogP contribution in [0.4, 0.5) is 20.8 Å². The first-order chi connectivity index (χ1) is 18.7. The Morgan fingerprint density at radius 1 is 1.10 bits per heavy atom. The zero-order valence-electron chi connectivity index (χ0n) is 20.9. The molecule has 2 N–H and O–H groups in total. The quantitative estimate of drug-likeness (QED) is 0.272. The number of hydrogen-bond donors (Lipinski definition) is 2. The van der Waals surface area contributed by atoms with E-state index in [-0.39, 0.29) is 34.1 Å². The molecule has 2 aromatic carbocycles. The number of oxazole rings is 2. The van der Waals surface area contributed by atoms with Crippen LogP contribution in [-0.2, 0) is 19.1 Å². The predicted molar refractivity (Wildman–Crippen MR) is 145 cm³/mol. The topological polar surface area (TPSA) is 137 Å². The normalized spacial score (nSPS) is 15.6. The molecule has 5 rings (SSSR count). The van der Waals surface area contributed by atoms with Crippen molar-refractivity contribution in [3.63, 3.8) is 0 Å². The Labute approximate surface area is 229 Å². The van der Waals surface area contributed by atoms with Crippen LogP contribution in [0.15, 0.2) is 45.2 Å². The van der Waals surface area contributed by atoms with Gasteiger partial charge in [0.2, 0.25) is 5.12 Å². The Morgan fingerprint density at radius 2 is 1.72 bits per heavy atom. The van der Waals surface area contributed by atoms with Crippen LogP contribution in [-0.4, -0.2) is 56.9 Å². The van der Waals surface area contributed by atoms with Crippen LogP contribution in [0.25, 0.3) is 22.2 Å². The third-order valence-electron chi connectivity index (χ3n) is 5.43. The number of rotatable bonds is 8. The molecule has 0 saturated carbocycles. The second-order valence-corrected chi connectivity index (χ2v) is 10.6. The Hall–Kier alpha value is -3.65. The molecule has 39 heavy (non-hydrogen) atoms. The zero-order valence-corrected chi connectivity index (χ0v) is 22.5. The third kappa shape index (κ3) is 7.69. The van der Waals surface area contributed by atoms with Crippen LogP contribution < -0.4 is 10.6 Å². The minimum Gasteiger partial charge on any atom is -0.467 e. The number of methoxy groups -OCH3 is 1. The molecule has 0 bridgehead atoms. The number of anilines is 2. The second kappa shape index (κ2) is 12.9. The standard InChI is InChI=1S/C14H15FN2O4S.C11H9FN2O2S/c1-8(18)22-6-5-10(13(19)20-2)16-14-17-11-7-9(15)3-4-12(11)21-14;12-6-1-2-9-8(5-6)14-11(16-9)13-7-3-4-17-10(7)15/h3-4,7,10H,5-6H2,1-2H3,(H,16,17);1-2,5,7H,3-4H2,(H,13,14)/t10-;7-/m00/s1. The lowest BCUT2D eigenvalue weighted by Crippen LogP contribution is -2.31. The van der Waals surface area contributed by atoms with Crippen LogP contribution in [0.2, 0.25) is 0 Å². The average Bonchev–Trinajstić information content (AvgIpc) is 3.60. The van der Waals surface area contributed by atoms with Gasteiger partial charge in [-0.1, -0.05) is 23.5 Å². The molecule has 0 aliphatic carbocycles. The van der Waals surface area contributed by atoms with Gasteiger partial charge in [-0.2, -0.15) is 9.97 Å². The number of carbonyl (C=O) groups is 3. The first kappa shape index (κ1) is 28.4. The number of ether oxygens (including phenoxy) is 1. The van der Waals surface area contributed by atoms with Gasteiger partial charge in [0.1, 0.15) is 34.8 Å². The van der Waals surface area contributed by atoms with E-state index in [0.717, 1.165) is 23.9 Å². The smallest absolute Gasteiger partial charge is 0.328 e. The number of carbonyl (C=O) groups excluding carboxylic acids is 3. The fourth-order valence-electron chi connectivity index (χ4n) is 3.56. The van der Waals surface area contributed by atoms with Gasteiger partial charge in [-0.25, -0.2) is 13.6 Å². The highest BCUT2D eigenvalue weighted by atomic mass is 32.2. The molecule has 0 radical (unpaired) electrons. The summed E-state index contributed by atoms with van der Waals surface area (Å²) in [5.74, 6) is -0.000332. The number of halogens is 2. The van der Waals surface area contributed by atoms with E-state index in [1.54, 1.807) is 0 Å². The van der Waals surface area contributed by atoms with Gasteiger partial charge in [0, 0.05) is 30.6 Å². The second-order valence-electron chi connectivity index (χ2n) is 8.26. The van der Waals surface area contributed by atoms with Gasteiger partial charge in [0.25, 0.3) is 12.0 Å². The van der Waals surface area contributed by atoms with Crippen molar-refractivity contribution in [1.82, 2.24) is 9.97 Å². The van der Waals surface area contributed by atoms with Crippen LogP contribution in [0, 0.1) is 11.6 Å². The summed E-state index contributed by atoms with van der Waals surface area (Å²) >= 11 is 2.42. The number of aromatic nitrogens is 2. The maximum atomic E-state index is 13.1. The van der Waals surface area contributed by atoms with Crippen LogP contribution in [0.5, 0.6) is 0 Å². The van der Waals surface area contributed by atoms with Crippen molar-refractivity contribution >= 4 is 74.0 Å². The van der Waals surface area contributed by atoms with Gasteiger partial charge in [-0.05, 0) is 37.1 Å². The molecule has 2 atom stereocenters. The Kier molecular flexibility index (Phi) is 9.41. The summed E-state index contributed by atoms with van der Waals surface area (Å²) < 4.78 is 41.6. The molecule has 2 aromatic heterocycles. The summed E-state index contributed by atoms with van der Waals surface area (Å²) in [5.41, 5.74) is 1.72. The molecule has 1 saturated heterocycles.